The van der Waals surface area contributed by atoms with Crippen LogP contribution in [0.3, 0.4) is 0 Å². The van der Waals surface area contributed by atoms with E-state index in [0.717, 1.165) is 13.0 Å². The molecule has 2 amide bonds. The van der Waals surface area contributed by atoms with Crippen molar-refractivity contribution >= 4 is 11.8 Å². The Hall–Kier alpha value is -1.32. The van der Waals surface area contributed by atoms with Crippen molar-refractivity contribution < 1.29 is 9.59 Å². The van der Waals surface area contributed by atoms with Crippen molar-refractivity contribution in [3.63, 3.8) is 0 Å². The molecular weight excluding hydrogens is 168 g/mol. The first-order chi connectivity index (χ1) is 6.15. The number of carbonyl (C=O) groups is 2. The summed E-state index contributed by atoms with van der Waals surface area (Å²) in [5.74, 6) is -0.152. The van der Waals surface area contributed by atoms with Crippen LogP contribution in [0.5, 0.6) is 0 Å². The van der Waals surface area contributed by atoms with Crippen molar-refractivity contribution in [1.29, 1.82) is 0 Å². The fraction of sp³-hybridized carbons (Fsp3) is 0.556. The zero-order valence-electron chi connectivity index (χ0n) is 7.75. The van der Waals surface area contributed by atoms with Crippen LogP contribution in [0, 0.1) is 5.92 Å². The second-order valence-corrected chi connectivity index (χ2v) is 3.19. The van der Waals surface area contributed by atoms with E-state index < -0.39 is 0 Å². The molecule has 4 heteroatoms. The highest BCUT2D eigenvalue weighted by Crippen LogP contribution is 2.14. The topological polar surface area (TPSA) is 49.4 Å². The number of amides is 2. The number of likely N-dealkylation sites (tertiary alicyclic amines) is 1. The standard InChI is InChI=1S/C9H14N2O2/c1-3-8(12)10-6-7-4-5-11(2)9(7)13/h3,7H,1,4-6H2,2H3,(H,10,12). The van der Waals surface area contributed by atoms with Gasteiger partial charge in [-0.15, -0.1) is 0 Å². The molecule has 0 aliphatic carbocycles. The molecular formula is C9H14N2O2. The molecule has 0 saturated carbocycles. The SMILES string of the molecule is C=CC(=O)NCC1CCN(C)C1=O. The Morgan fingerprint density at radius 3 is 3.00 bits per heavy atom. The summed E-state index contributed by atoms with van der Waals surface area (Å²) in [6.45, 7) is 4.54. The highest BCUT2D eigenvalue weighted by atomic mass is 16.2. The van der Waals surface area contributed by atoms with E-state index in [1.54, 1.807) is 11.9 Å². The van der Waals surface area contributed by atoms with E-state index in [1.807, 2.05) is 0 Å². The average Bonchev–Trinajstić information content (AvgIpc) is 2.44. The van der Waals surface area contributed by atoms with Crippen LogP contribution in [0.15, 0.2) is 12.7 Å². The molecule has 1 atom stereocenters. The zero-order valence-corrected chi connectivity index (χ0v) is 7.75. The van der Waals surface area contributed by atoms with Crippen molar-refractivity contribution in [2.45, 2.75) is 6.42 Å². The number of rotatable bonds is 3. The molecule has 1 N–H and O–H groups in total. The van der Waals surface area contributed by atoms with E-state index in [0.29, 0.717) is 6.54 Å². The summed E-state index contributed by atoms with van der Waals surface area (Å²) in [7, 11) is 1.78. The van der Waals surface area contributed by atoms with Crippen LogP contribution in [0.2, 0.25) is 0 Å². The smallest absolute Gasteiger partial charge is 0.243 e. The molecule has 0 aromatic rings. The van der Waals surface area contributed by atoms with Crippen molar-refractivity contribution in [3.8, 4) is 0 Å². The Morgan fingerprint density at radius 1 is 1.85 bits per heavy atom. The first-order valence-electron chi connectivity index (χ1n) is 4.30. The molecule has 0 radical (unpaired) electrons. The molecule has 1 unspecified atom stereocenters. The first kappa shape index (κ1) is 9.77. The van der Waals surface area contributed by atoms with Gasteiger partial charge in [-0.3, -0.25) is 9.59 Å². The monoisotopic (exact) mass is 182 g/mol. The maximum absolute atomic E-state index is 11.4. The normalized spacial score (nSPS) is 21.8. The van der Waals surface area contributed by atoms with Crippen LogP contribution in [0.4, 0.5) is 0 Å². The molecule has 1 rings (SSSR count). The lowest BCUT2D eigenvalue weighted by Gasteiger charge is -2.10. The predicted octanol–water partition coefficient (Wildman–Crippen LogP) is -0.233. The predicted molar refractivity (Wildman–Crippen MR) is 49.0 cm³/mol. The highest BCUT2D eigenvalue weighted by molar-refractivity contribution is 5.87. The molecule has 1 aliphatic rings. The van der Waals surface area contributed by atoms with E-state index in [-0.39, 0.29) is 17.7 Å². The fourth-order valence-corrected chi connectivity index (χ4v) is 1.38. The molecule has 1 fully saturated rings. The lowest BCUT2D eigenvalue weighted by Crippen LogP contribution is -2.32. The molecule has 0 bridgehead atoms. The van der Waals surface area contributed by atoms with Crippen LogP contribution in [-0.4, -0.2) is 36.9 Å². The third-order valence-corrected chi connectivity index (χ3v) is 2.25. The quantitative estimate of drug-likeness (QED) is 0.613. The summed E-state index contributed by atoms with van der Waals surface area (Å²) in [6.07, 6.45) is 2.04. The molecule has 4 nitrogen and oxygen atoms in total. The summed E-state index contributed by atoms with van der Waals surface area (Å²) >= 11 is 0. The van der Waals surface area contributed by atoms with Gasteiger partial charge in [0.2, 0.25) is 11.8 Å². The van der Waals surface area contributed by atoms with Crippen molar-refractivity contribution in [3.05, 3.63) is 12.7 Å². The summed E-state index contributed by atoms with van der Waals surface area (Å²) in [4.78, 5) is 23.8. The Kier molecular flexibility index (Phi) is 3.06. The molecule has 0 spiro atoms. The van der Waals surface area contributed by atoms with Gasteiger partial charge in [-0.25, -0.2) is 0 Å². The maximum Gasteiger partial charge on any atom is 0.243 e. The van der Waals surface area contributed by atoms with E-state index in [4.69, 9.17) is 0 Å². The minimum absolute atomic E-state index is 0.0473. The van der Waals surface area contributed by atoms with Gasteiger partial charge in [0.15, 0.2) is 0 Å². The summed E-state index contributed by atoms with van der Waals surface area (Å²) in [6, 6.07) is 0. The van der Waals surface area contributed by atoms with Gasteiger partial charge < -0.3 is 10.2 Å². The second-order valence-electron chi connectivity index (χ2n) is 3.19. The van der Waals surface area contributed by atoms with Gasteiger partial charge in [0, 0.05) is 20.1 Å². The van der Waals surface area contributed by atoms with Gasteiger partial charge in [-0.2, -0.15) is 0 Å². The number of hydrogen-bond donors (Lipinski definition) is 1. The lowest BCUT2D eigenvalue weighted by molar-refractivity contribution is -0.129. The average molecular weight is 182 g/mol. The van der Waals surface area contributed by atoms with Gasteiger partial charge in [0.1, 0.15) is 0 Å². The zero-order chi connectivity index (χ0) is 9.84. The molecule has 1 saturated heterocycles. The molecule has 72 valence electrons. The first-order valence-corrected chi connectivity index (χ1v) is 4.30. The summed E-state index contributed by atoms with van der Waals surface area (Å²) in [5.41, 5.74) is 0. The third-order valence-electron chi connectivity index (χ3n) is 2.25. The highest BCUT2D eigenvalue weighted by Gasteiger charge is 2.28. The summed E-state index contributed by atoms with van der Waals surface area (Å²) < 4.78 is 0. The van der Waals surface area contributed by atoms with Gasteiger partial charge >= 0.3 is 0 Å². The van der Waals surface area contributed by atoms with Crippen molar-refractivity contribution in [2.24, 2.45) is 5.92 Å². The largest absolute Gasteiger partial charge is 0.352 e. The minimum Gasteiger partial charge on any atom is -0.352 e. The van der Waals surface area contributed by atoms with Gasteiger partial charge in [0.25, 0.3) is 0 Å². The number of carbonyl (C=O) groups excluding carboxylic acids is 2. The van der Waals surface area contributed by atoms with Crippen LogP contribution >= 0.6 is 0 Å². The fourth-order valence-electron chi connectivity index (χ4n) is 1.38. The van der Waals surface area contributed by atoms with E-state index in [9.17, 15) is 9.59 Å². The van der Waals surface area contributed by atoms with E-state index in [1.165, 1.54) is 6.08 Å². The van der Waals surface area contributed by atoms with E-state index >= 15 is 0 Å². The van der Waals surface area contributed by atoms with Gasteiger partial charge in [0.05, 0.1) is 5.92 Å². The second kappa shape index (κ2) is 4.07. The Bertz CT molecular complexity index is 238. The van der Waals surface area contributed by atoms with Crippen molar-refractivity contribution in [2.75, 3.05) is 20.1 Å². The van der Waals surface area contributed by atoms with Crippen LogP contribution in [-0.2, 0) is 9.59 Å². The minimum atomic E-state index is -0.220. The Morgan fingerprint density at radius 2 is 2.54 bits per heavy atom. The van der Waals surface area contributed by atoms with Crippen molar-refractivity contribution in [1.82, 2.24) is 10.2 Å². The summed E-state index contributed by atoms with van der Waals surface area (Å²) in [5, 5.41) is 2.62. The molecule has 0 aromatic heterocycles. The molecule has 0 aromatic carbocycles. The Balaban J connectivity index is 2.34. The van der Waals surface area contributed by atoms with E-state index in [2.05, 4.69) is 11.9 Å². The Labute approximate surface area is 77.6 Å². The van der Waals surface area contributed by atoms with Crippen LogP contribution < -0.4 is 5.32 Å². The number of nitrogens with one attached hydrogen (secondary N) is 1. The number of nitrogens with zero attached hydrogens (tertiary/aromatic N) is 1. The van der Waals surface area contributed by atoms with Crippen LogP contribution in [0.1, 0.15) is 6.42 Å². The van der Waals surface area contributed by atoms with Gasteiger partial charge in [-0.1, -0.05) is 6.58 Å². The number of hydrogen-bond acceptors (Lipinski definition) is 2. The van der Waals surface area contributed by atoms with Crippen LogP contribution in [0.25, 0.3) is 0 Å². The maximum atomic E-state index is 11.4. The lowest BCUT2D eigenvalue weighted by atomic mass is 10.1. The molecule has 1 heterocycles. The van der Waals surface area contributed by atoms with Gasteiger partial charge in [-0.05, 0) is 12.5 Å². The third kappa shape index (κ3) is 2.31. The molecule has 1 aliphatic heterocycles. The molecule has 13 heavy (non-hydrogen) atoms.